The van der Waals surface area contributed by atoms with Crippen LogP contribution in [0.15, 0.2) is 30.3 Å². The van der Waals surface area contributed by atoms with E-state index in [-0.39, 0.29) is 18.2 Å². The van der Waals surface area contributed by atoms with Crippen molar-refractivity contribution in [3.05, 3.63) is 35.9 Å². The Labute approximate surface area is 204 Å². The van der Waals surface area contributed by atoms with E-state index in [0.717, 1.165) is 6.42 Å². The SMILES string of the molecule is CCC(C)C(NC(=O)C1CCCN1)C(=O)NC(CC(N)=O)C(=O)NC(Cc1ccccc1)C(=O)O. The smallest absolute Gasteiger partial charge is 0.326 e. The molecular formula is C24H35N5O6. The van der Waals surface area contributed by atoms with Crippen molar-refractivity contribution in [2.75, 3.05) is 6.54 Å². The number of primary amides is 1. The summed E-state index contributed by atoms with van der Waals surface area (Å²) in [6.45, 7) is 4.36. The minimum absolute atomic E-state index is 0.0130. The van der Waals surface area contributed by atoms with Gasteiger partial charge in [0.05, 0.1) is 12.5 Å². The lowest BCUT2D eigenvalue weighted by Gasteiger charge is -2.27. The molecule has 5 atom stereocenters. The van der Waals surface area contributed by atoms with Gasteiger partial charge in [0.2, 0.25) is 23.6 Å². The molecule has 1 fully saturated rings. The zero-order chi connectivity index (χ0) is 26.0. The van der Waals surface area contributed by atoms with Crippen molar-refractivity contribution in [3.63, 3.8) is 0 Å². The van der Waals surface area contributed by atoms with Gasteiger partial charge in [0, 0.05) is 6.42 Å². The number of carbonyl (C=O) groups is 5. The lowest BCUT2D eigenvalue weighted by molar-refractivity contribution is -0.142. The van der Waals surface area contributed by atoms with Gasteiger partial charge in [-0.3, -0.25) is 19.2 Å². The molecule has 11 heteroatoms. The number of carboxylic acid groups (broad SMARTS) is 1. The van der Waals surface area contributed by atoms with Gasteiger partial charge in [-0.1, -0.05) is 50.6 Å². The van der Waals surface area contributed by atoms with Gasteiger partial charge in [-0.15, -0.1) is 0 Å². The van der Waals surface area contributed by atoms with Crippen molar-refractivity contribution in [1.82, 2.24) is 21.3 Å². The predicted molar refractivity (Wildman–Crippen MR) is 128 cm³/mol. The first-order valence-corrected chi connectivity index (χ1v) is 11.8. The lowest BCUT2D eigenvalue weighted by atomic mass is 9.97. The average Bonchev–Trinajstić information content (AvgIpc) is 3.36. The molecule has 4 amide bonds. The van der Waals surface area contributed by atoms with Crippen LogP contribution in [-0.4, -0.2) is 65.4 Å². The Morgan fingerprint density at radius 1 is 1.06 bits per heavy atom. The van der Waals surface area contributed by atoms with E-state index in [1.165, 1.54) is 0 Å². The van der Waals surface area contributed by atoms with E-state index in [0.29, 0.717) is 24.9 Å². The fourth-order valence-electron chi connectivity index (χ4n) is 3.86. The van der Waals surface area contributed by atoms with Crippen LogP contribution in [0.4, 0.5) is 0 Å². The highest BCUT2D eigenvalue weighted by Gasteiger charge is 2.34. The molecule has 7 N–H and O–H groups in total. The topological polar surface area (TPSA) is 180 Å². The number of nitrogens with one attached hydrogen (secondary N) is 4. The summed E-state index contributed by atoms with van der Waals surface area (Å²) in [5.74, 6) is -4.19. The largest absolute Gasteiger partial charge is 0.480 e. The van der Waals surface area contributed by atoms with E-state index >= 15 is 0 Å². The maximum Gasteiger partial charge on any atom is 0.326 e. The quantitative estimate of drug-likeness (QED) is 0.215. The van der Waals surface area contributed by atoms with E-state index in [2.05, 4.69) is 21.3 Å². The Balaban J connectivity index is 2.13. The van der Waals surface area contributed by atoms with Crippen LogP contribution in [0.25, 0.3) is 0 Å². The van der Waals surface area contributed by atoms with Crippen LogP contribution in [0.1, 0.15) is 45.1 Å². The maximum absolute atomic E-state index is 13.1. The Morgan fingerprint density at radius 2 is 1.71 bits per heavy atom. The molecule has 35 heavy (non-hydrogen) atoms. The average molecular weight is 490 g/mol. The summed E-state index contributed by atoms with van der Waals surface area (Å²) in [5.41, 5.74) is 5.97. The number of hydrogen-bond acceptors (Lipinski definition) is 6. The van der Waals surface area contributed by atoms with Crippen molar-refractivity contribution in [2.24, 2.45) is 11.7 Å². The molecule has 5 unspecified atom stereocenters. The molecule has 1 aliphatic heterocycles. The molecule has 0 radical (unpaired) electrons. The van der Waals surface area contributed by atoms with Crippen LogP contribution in [0.2, 0.25) is 0 Å². The Morgan fingerprint density at radius 3 is 2.26 bits per heavy atom. The molecule has 1 aliphatic rings. The normalized spacial score (nSPS) is 18.5. The monoisotopic (exact) mass is 489 g/mol. The van der Waals surface area contributed by atoms with Gasteiger partial charge in [0.15, 0.2) is 0 Å². The highest BCUT2D eigenvalue weighted by molar-refractivity contribution is 5.96. The number of carbonyl (C=O) groups excluding carboxylic acids is 4. The molecule has 1 saturated heterocycles. The first-order chi connectivity index (χ1) is 16.6. The molecule has 0 bridgehead atoms. The minimum Gasteiger partial charge on any atom is -0.480 e. The minimum atomic E-state index is -1.40. The van der Waals surface area contributed by atoms with E-state index in [9.17, 15) is 29.1 Å². The predicted octanol–water partition coefficient (Wildman–Crippen LogP) is -0.558. The number of rotatable bonds is 13. The molecule has 0 spiro atoms. The van der Waals surface area contributed by atoms with Gasteiger partial charge in [-0.25, -0.2) is 4.79 Å². The van der Waals surface area contributed by atoms with Gasteiger partial charge in [-0.05, 0) is 30.9 Å². The molecule has 11 nitrogen and oxygen atoms in total. The van der Waals surface area contributed by atoms with Crippen molar-refractivity contribution in [1.29, 1.82) is 0 Å². The molecule has 2 rings (SSSR count). The first-order valence-electron chi connectivity index (χ1n) is 11.8. The van der Waals surface area contributed by atoms with Crippen LogP contribution in [0.5, 0.6) is 0 Å². The Bertz CT molecular complexity index is 903. The molecule has 1 heterocycles. The van der Waals surface area contributed by atoms with Crippen molar-refractivity contribution in [2.45, 2.75) is 70.1 Å². The molecule has 0 aromatic heterocycles. The number of amides is 4. The van der Waals surface area contributed by atoms with E-state index < -0.39 is 54.3 Å². The van der Waals surface area contributed by atoms with E-state index in [1.54, 1.807) is 37.3 Å². The van der Waals surface area contributed by atoms with Crippen LogP contribution < -0.4 is 27.0 Å². The number of benzene rings is 1. The Hall–Kier alpha value is -3.47. The van der Waals surface area contributed by atoms with Gasteiger partial charge >= 0.3 is 5.97 Å². The number of aliphatic carboxylic acids is 1. The summed E-state index contributed by atoms with van der Waals surface area (Å²) < 4.78 is 0. The lowest BCUT2D eigenvalue weighted by Crippen LogP contribution is -2.59. The third kappa shape index (κ3) is 8.67. The number of nitrogens with two attached hydrogens (primary N) is 1. The zero-order valence-corrected chi connectivity index (χ0v) is 20.1. The zero-order valence-electron chi connectivity index (χ0n) is 20.1. The summed E-state index contributed by atoms with van der Waals surface area (Å²) in [6.07, 6.45) is 1.57. The number of carboxylic acids is 1. The second kappa shape index (κ2) is 13.4. The van der Waals surface area contributed by atoms with Crippen LogP contribution in [-0.2, 0) is 30.4 Å². The van der Waals surface area contributed by atoms with Crippen LogP contribution in [0, 0.1) is 5.92 Å². The Kier molecular flexibility index (Phi) is 10.7. The molecule has 1 aromatic carbocycles. The third-order valence-corrected chi connectivity index (χ3v) is 6.11. The fourth-order valence-corrected chi connectivity index (χ4v) is 3.86. The molecule has 1 aromatic rings. The van der Waals surface area contributed by atoms with Crippen molar-refractivity contribution < 1.29 is 29.1 Å². The molecule has 0 aliphatic carbocycles. The summed E-state index contributed by atoms with van der Waals surface area (Å²) in [4.78, 5) is 62.0. The van der Waals surface area contributed by atoms with Crippen LogP contribution >= 0.6 is 0 Å². The van der Waals surface area contributed by atoms with Crippen molar-refractivity contribution >= 4 is 29.6 Å². The van der Waals surface area contributed by atoms with Gasteiger partial charge < -0.3 is 32.1 Å². The summed E-state index contributed by atoms with van der Waals surface area (Å²) in [6, 6.07) is 4.71. The van der Waals surface area contributed by atoms with Crippen molar-refractivity contribution in [3.8, 4) is 0 Å². The maximum atomic E-state index is 13.1. The molecule has 0 saturated carbocycles. The third-order valence-electron chi connectivity index (χ3n) is 6.11. The van der Waals surface area contributed by atoms with Gasteiger partial charge in [-0.2, -0.15) is 0 Å². The van der Waals surface area contributed by atoms with E-state index in [4.69, 9.17) is 5.73 Å². The van der Waals surface area contributed by atoms with Gasteiger partial charge in [0.1, 0.15) is 18.1 Å². The van der Waals surface area contributed by atoms with Crippen LogP contribution in [0.3, 0.4) is 0 Å². The number of hydrogen-bond donors (Lipinski definition) is 6. The summed E-state index contributed by atoms with van der Waals surface area (Å²) >= 11 is 0. The standard InChI is InChI=1S/C24H35N5O6/c1-3-14(2)20(29-21(31)16-10-7-11-26-16)23(33)27-17(13-19(25)30)22(32)28-18(24(34)35)12-15-8-5-4-6-9-15/h4-6,8-9,14,16-18,20,26H,3,7,10-13H2,1-2H3,(H2,25,30)(H,27,33)(H,28,32)(H,29,31)(H,34,35). The summed E-state index contributed by atoms with van der Waals surface area (Å²) in [7, 11) is 0. The summed E-state index contributed by atoms with van der Waals surface area (Å²) in [5, 5.41) is 20.3. The first kappa shape index (κ1) is 27.8. The fraction of sp³-hybridized carbons (Fsp3) is 0.542. The highest BCUT2D eigenvalue weighted by Crippen LogP contribution is 2.12. The molecule has 192 valence electrons. The second-order valence-electron chi connectivity index (χ2n) is 8.84. The highest BCUT2D eigenvalue weighted by atomic mass is 16.4. The second-order valence-corrected chi connectivity index (χ2v) is 8.84. The molecular weight excluding hydrogens is 454 g/mol. The van der Waals surface area contributed by atoms with E-state index in [1.807, 2.05) is 6.92 Å². The van der Waals surface area contributed by atoms with Gasteiger partial charge in [0.25, 0.3) is 0 Å².